The van der Waals surface area contributed by atoms with E-state index in [4.69, 9.17) is 4.74 Å². The molecule has 0 atom stereocenters. The zero-order chi connectivity index (χ0) is 20.0. The lowest BCUT2D eigenvalue weighted by molar-refractivity contribution is -0.119. The predicted molar refractivity (Wildman–Crippen MR) is 91.5 cm³/mol. The standard InChI is InChI=1S/C17H15F2NO6S/c1-27(23,24)14-8-2-11(3-9-14)16(22)25-10-15(21)20-12-4-6-13(7-5-12)26-17(18)19/h2-9,17H,10H2,1H3,(H,20,21). The van der Waals surface area contributed by atoms with Crippen LogP contribution in [0.2, 0.25) is 0 Å². The van der Waals surface area contributed by atoms with Gasteiger partial charge in [0.2, 0.25) is 0 Å². The van der Waals surface area contributed by atoms with Crippen molar-refractivity contribution in [1.82, 2.24) is 0 Å². The number of carbonyl (C=O) groups is 2. The SMILES string of the molecule is CS(=O)(=O)c1ccc(C(=O)OCC(=O)Nc2ccc(OC(F)F)cc2)cc1. The Bertz CT molecular complexity index is 911. The molecule has 2 aromatic rings. The molecule has 2 rings (SSSR count). The molecule has 0 radical (unpaired) electrons. The van der Waals surface area contributed by atoms with Crippen molar-refractivity contribution >= 4 is 27.4 Å². The van der Waals surface area contributed by atoms with Crippen molar-refractivity contribution in [3.8, 4) is 5.75 Å². The molecule has 0 aliphatic heterocycles. The molecule has 0 bridgehead atoms. The van der Waals surface area contributed by atoms with Crippen molar-refractivity contribution in [3.05, 3.63) is 54.1 Å². The summed E-state index contributed by atoms with van der Waals surface area (Å²) < 4.78 is 55.9. The minimum absolute atomic E-state index is 0.0519. The molecule has 1 amide bonds. The maximum absolute atomic E-state index is 12.1. The summed E-state index contributed by atoms with van der Waals surface area (Å²) in [6, 6.07) is 10.3. The molecule has 0 aliphatic rings. The topological polar surface area (TPSA) is 98.8 Å². The van der Waals surface area contributed by atoms with Gasteiger partial charge in [0.05, 0.1) is 10.5 Å². The first-order valence-corrected chi connectivity index (χ1v) is 9.36. The third-order valence-electron chi connectivity index (χ3n) is 3.22. The molecule has 144 valence electrons. The Labute approximate surface area is 153 Å². The van der Waals surface area contributed by atoms with Gasteiger partial charge in [-0.15, -0.1) is 0 Å². The normalized spacial score (nSPS) is 11.1. The van der Waals surface area contributed by atoms with Crippen LogP contribution in [0.15, 0.2) is 53.4 Å². The van der Waals surface area contributed by atoms with Crippen molar-refractivity contribution in [2.24, 2.45) is 0 Å². The van der Waals surface area contributed by atoms with E-state index in [2.05, 4.69) is 10.1 Å². The second-order valence-corrected chi connectivity index (χ2v) is 7.34. The molecule has 0 aromatic heterocycles. The van der Waals surface area contributed by atoms with Crippen LogP contribution in [0.3, 0.4) is 0 Å². The Hall–Kier alpha value is -3.01. The zero-order valence-electron chi connectivity index (χ0n) is 14.0. The molecule has 0 unspecified atom stereocenters. The van der Waals surface area contributed by atoms with Crippen LogP contribution in [-0.2, 0) is 19.4 Å². The van der Waals surface area contributed by atoms with Crippen molar-refractivity contribution in [3.63, 3.8) is 0 Å². The van der Waals surface area contributed by atoms with E-state index in [0.717, 1.165) is 6.26 Å². The van der Waals surface area contributed by atoms with Gasteiger partial charge in [-0.3, -0.25) is 4.79 Å². The number of halogens is 2. The average molecular weight is 399 g/mol. The lowest BCUT2D eigenvalue weighted by Gasteiger charge is -2.08. The van der Waals surface area contributed by atoms with E-state index in [1.165, 1.54) is 48.5 Å². The highest BCUT2D eigenvalue weighted by atomic mass is 32.2. The minimum Gasteiger partial charge on any atom is -0.452 e. The number of anilines is 1. The number of hydrogen-bond donors (Lipinski definition) is 1. The molecule has 1 N–H and O–H groups in total. The van der Waals surface area contributed by atoms with Gasteiger partial charge in [-0.05, 0) is 48.5 Å². The van der Waals surface area contributed by atoms with Gasteiger partial charge >= 0.3 is 12.6 Å². The van der Waals surface area contributed by atoms with E-state index < -0.39 is 34.9 Å². The maximum Gasteiger partial charge on any atom is 0.387 e. The minimum atomic E-state index is -3.38. The fourth-order valence-electron chi connectivity index (χ4n) is 1.97. The Kier molecular flexibility index (Phi) is 6.45. The second-order valence-electron chi connectivity index (χ2n) is 5.32. The number of nitrogens with one attached hydrogen (secondary N) is 1. The van der Waals surface area contributed by atoms with Crippen molar-refractivity contribution < 1.29 is 36.3 Å². The van der Waals surface area contributed by atoms with Crippen LogP contribution < -0.4 is 10.1 Å². The van der Waals surface area contributed by atoms with Gasteiger partial charge in [-0.2, -0.15) is 8.78 Å². The molecular weight excluding hydrogens is 384 g/mol. The average Bonchev–Trinajstić information content (AvgIpc) is 2.60. The summed E-state index contributed by atoms with van der Waals surface area (Å²) >= 11 is 0. The van der Waals surface area contributed by atoms with Crippen molar-refractivity contribution in [2.45, 2.75) is 11.5 Å². The summed E-state index contributed by atoms with van der Waals surface area (Å²) in [4.78, 5) is 23.7. The number of alkyl halides is 2. The van der Waals surface area contributed by atoms with Gasteiger partial charge in [-0.1, -0.05) is 0 Å². The molecule has 0 fully saturated rings. The summed E-state index contributed by atoms with van der Waals surface area (Å²) in [6.45, 7) is -3.53. The summed E-state index contributed by atoms with van der Waals surface area (Å²) in [5, 5.41) is 2.42. The molecule has 0 saturated carbocycles. The number of carbonyl (C=O) groups excluding carboxylic acids is 2. The highest BCUT2D eigenvalue weighted by molar-refractivity contribution is 7.90. The number of benzene rings is 2. The zero-order valence-corrected chi connectivity index (χ0v) is 14.8. The van der Waals surface area contributed by atoms with Crippen LogP contribution in [0.5, 0.6) is 5.75 Å². The summed E-state index contributed by atoms with van der Waals surface area (Å²) in [5.74, 6) is -1.50. The van der Waals surface area contributed by atoms with Gasteiger partial charge in [0.25, 0.3) is 5.91 Å². The Morgan fingerprint density at radius 3 is 2.15 bits per heavy atom. The van der Waals surface area contributed by atoms with Crippen molar-refractivity contribution in [1.29, 1.82) is 0 Å². The van der Waals surface area contributed by atoms with E-state index in [9.17, 15) is 26.8 Å². The lowest BCUT2D eigenvalue weighted by Crippen LogP contribution is -2.21. The quantitative estimate of drug-likeness (QED) is 0.719. The molecule has 2 aromatic carbocycles. The van der Waals surface area contributed by atoms with Gasteiger partial charge in [0.15, 0.2) is 16.4 Å². The first-order valence-electron chi connectivity index (χ1n) is 7.47. The number of amides is 1. The van der Waals surface area contributed by atoms with Crippen LogP contribution in [0.4, 0.5) is 14.5 Å². The van der Waals surface area contributed by atoms with E-state index in [1.807, 2.05) is 0 Å². The molecule has 0 aliphatic carbocycles. The molecule has 7 nitrogen and oxygen atoms in total. The maximum atomic E-state index is 12.1. The van der Waals surface area contributed by atoms with Gasteiger partial charge < -0.3 is 14.8 Å². The Morgan fingerprint density at radius 1 is 1.04 bits per heavy atom. The van der Waals surface area contributed by atoms with Crippen LogP contribution in [0.1, 0.15) is 10.4 Å². The van der Waals surface area contributed by atoms with Crippen LogP contribution in [-0.4, -0.2) is 39.8 Å². The Balaban J connectivity index is 1.86. The van der Waals surface area contributed by atoms with Crippen LogP contribution >= 0.6 is 0 Å². The third-order valence-corrected chi connectivity index (χ3v) is 4.34. The predicted octanol–water partition coefficient (Wildman–Crippen LogP) is 2.49. The smallest absolute Gasteiger partial charge is 0.387 e. The third kappa shape index (κ3) is 6.33. The summed E-state index contributed by atoms with van der Waals surface area (Å²) in [6.07, 6.45) is 1.04. The largest absolute Gasteiger partial charge is 0.452 e. The molecule has 27 heavy (non-hydrogen) atoms. The molecule has 0 heterocycles. The highest BCUT2D eigenvalue weighted by Gasteiger charge is 2.13. The molecule has 0 saturated heterocycles. The number of sulfone groups is 1. The monoisotopic (exact) mass is 399 g/mol. The van der Waals surface area contributed by atoms with Crippen LogP contribution in [0, 0.1) is 0 Å². The fraction of sp³-hybridized carbons (Fsp3) is 0.176. The fourth-order valence-corrected chi connectivity index (χ4v) is 2.60. The van der Waals surface area contributed by atoms with E-state index >= 15 is 0 Å². The van der Waals surface area contributed by atoms with E-state index in [0.29, 0.717) is 5.69 Å². The number of ether oxygens (including phenoxy) is 2. The first kappa shape index (κ1) is 20.3. The first-order chi connectivity index (χ1) is 12.6. The molecule has 0 spiro atoms. The van der Waals surface area contributed by atoms with Crippen LogP contribution in [0.25, 0.3) is 0 Å². The number of hydrogen-bond acceptors (Lipinski definition) is 6. The second kappa shape index (κ2) is 8.58. The van der Waals surface area contributed by atoms with E-state index in [-0.39, 0.29) is 16.2 Å². The number of rotatable bonds is 7. The summed E-state index contributed by atoms with van der Waals surface area (Å²) in [7, 11) is -3.38. The van der Waals surface area contributed by atoms with Crippen molar-refractivity contribution in [2.75, 3.05) is 18.2 Å². The van der Waals surface area contributed by atoms with Gasteiger partial charge in [-0.25, -0.2) is 13.2 Å². The van der Waals surface area contributed by atoms with E-state index in [1.54, 1.807) is 0 Å². The molecular formula is C17H15F2NO6S. The highest BCUT2D eigenvalue weighted by Crippen LogP contribution is 2.17. The Morgan fingerprint density at radius 2 is 1.63 bits per heavy atom. The van der Waals surface area contributed by atoms with Gasteiger partial charge in [0.1, 0.15) is 5.75 Å². The number of esters is 1. The lowest BCUT2D eigenvalue weighted by atomic mass is 10.2. The van der Waals surface area contributed by atoms with Gasteiger partial charge in [0, 0.05) is 11.9 Å². The summed E-state index contributed by atoms with van der Waals surface area (Å²) in [5.41, 5.74) is 0.388. The molecule has 10 heteroatoms.